The lowest BCUT2D eigenvalue weighted by molar-refractivity contribution is -0.141. The van der Waals surface area contributed by atoms with Gasteiger partial charge in [0.25, 0.3) is 0 Å². The van der Waals surface area contributed by atoms with Gasteiger partial charge in [-0.1, -0.05) is 43.1 Å². The molecule has 2 N–H and O–H groups in total. The Labute approximate surface area is 202 Å². The number of nitrogens with one attached hydrogen (secondary N) is 1. The van der Waals surface area contributed by atoms with Gasteiger partial charge < -0.3 is 10.4 Å². The zero-order chi connectivity index (χ0) is 23.4. The highest BCUT2D eigenvalue weighted by molar-refractivity contribution is 7.16. The molecule has 1 unspecified atom stereocenters. The Kier molecular flexibility index (Phi) is 8.15. The van der Waals surface area contributed by atoms with Crippen LogP contribution in [0, 0.1) is 25.7 Å². The minimum Gasteiger partial charge on any atom is -0.481 e. The Balaban J connectivity index is 1.81. The van der Waals surface area contributed by atoms with Crippen LogP contribution in [0.15, 0.2) is 30.3 Å². The molecule has 5 nitrogen and oxygen atoms in total. The van der Waals surface area contributed by atoms with E-state index in [0.29, 0.717) is 27.5 Å². The van der Waals surface area contributed by atoms with Crippen LogP contribution in [0.3, 0.4) is 0 Å². The monoisotopic (exact) mass is 491 g/mol. The molecule has 0 fully saturated rings. The molecule has 2 aromatic heterocycles. The lowest BCUT2D eigenvalue weighted by atomic mass is 9.99. The maximum atomic E-state index is 11.9. The summed E-state index contributed by atoms with van der Waals surface area (Å²) < 4.78 is 0. The Hall–Kier alpha value is -2.15. The molecule has 0 aliphatic carbocycles. The van der Waals surface area contributed by atoms with Crippen molar-refractivity contribution in [3.8, 4) is 11.3 Å². The summed E-state index contributed by atoms with van der Waals surface area (Å²) in [7, 11) is 0. The Morgan fingerprint density at radius 3 is 2.34 bits per heavy atom. The molecular formula is C24H27Cl2N3O2S. The SMILES string of the molecule is Cc1cc(CC(CNc2nc(-c3ccc(Cl)c(Cl)c3)c(CC(C)C)s2)C(=O)O)cc(C)n1. The van der Waals surface area contributed by atoms with Crippen LogP contribution in [0.25, 0.3) is 11.3 Å². The predicted octanol–water partition coefficient (Wildman–Crippen LogP) is 6.68. The average molecular weight is 492 g/mol. The van der Waals surface area contributed by atoms with Crippen LogP contribution in [0.5, 0.6) is 0 Å². The van der Waals surface area contributed by atoms with Gasteiger partial charge in [0.15, 0.2) is 5.13 Å². The van der Waals surface area contributed by atoms with Crippen LogP contribution in [-0.4, -0.2) is 27.6 Å². The smallest absolute Gasteiger partial charge is 0.308 e. The van der Waals surface area contributed by atoms with Gasteiger partial charge in [-0.25, -0.2) is 4.98 Å². The fourth-order valence-electron chi connectivity index (χ4n) is 3.59. The third-order valence-corrected chi connectivity index (χ3v) is 6.73. The summed E-state index contributed by atoms with van der Waals surface area (Å²) in [6.07, 6.45) is 1.29. The fourth-order valence-corrected chi connectivity index (χ4v) is 5.09. The molecule has 0 saturated heterocycles. The highest BCUT2D eigenvalue weighted by Crippen LogP contribution is 2.35. The van der Waals surface area contributed by atoms with E-state index in [-0.39, 0.29) is 6.54 Å². The number of pyridine rings is 1. The maximum absolute atomic E-state index is 11.9. The van der Waals surface area contributed by atoms with Crippen LogP contribution < -0.4 is 5.32 Å². The molecule has 170 valence electrons. The van der Waals surface area contributed by atoms with E-state index >= 15 is 0 Å². The number of carbonyl (C=O) groups is 1. The van der Waals surface area contributed by atoms with Crippen LogP contribution in [0.2, 0.25) is 10.0 Å². The first-order valence-electron chi connectivity index (χ1n) is 10.5. The number of thiazole rings is 1. The molecule has 8 heteroatoms. The minimum atomic E-state index is -0.840. The molecule has 0 amide bonds. The van der Waals surface area contributed by atoms with E-state index in [0.717, 1.165) is 39.5 Å². The summed E-state index contributed by atoms with van der Waals surface area (Å²) in [6.45, 7) is 8.43. The molecule has 0 aliphatic heterocycles. The first kappa shape index (κ1) is 24.5. The number of carboxylic acids is 1. The second-order valence-electron chi connectivity index (χ2n) is 8.40. The van der Waals surface area contributed by atoms with E-state index < -0.39 is 11.9 Å². The highest BCUT2D eigenvalue weighted by Gasteiger charge is 2.21. The topological polar surface area (TPSA) is 75.1 Å². The molecule has 1 aromatic carbocycles. The van der Waals surface area contributed by atoms with Crippen molar-refractivity contribution in [1.82, 2.24) is 9.97 Å². The lowest BCUT2D eigenvalue weighted by Crippen LogP contribution is -2.25. The zero-order valence-electron chi connectivity index (χ0n) is 18.6. The van der Waals surface area contributed by atoms with Crippen molar-refractivity contribution in [1.29, 1.82) is 0 Å². The summed E-state index contributed by atoms with van der Waals surface area (Å²) in [5.74, 6) is -0.967. The summed E-state index contributed by atoms with van der Waals surface area (Å²) >= 11 is 13.9. The van der Waals surface area contributed by atoms with Gasteiger partial charge in [-0.15, -0.1) is 11.3 Å². The summed E-state index contributed by atoms with van der Waals surface area (Å²) in [5.41, 5.74) is 4.51. The Morgan fingerprint density at radius 2 is 1.75 bits per heavy atom. The van der Waals surface area contributed by atoms with Crippen molar-refractivity contribution < 1.29 is 9.90 Å². The number of rotatable bonds is 9. The number of hydrogen-bond donors (Lipinski definition) is 2. The predicted molar refractivity (Wildman–Crippen MR) is 133 cm³/mol. The second kappa shape index (κ2) is 10.6. The summed E-state index contributed by atoms with van der Waals surface area (Å²) in [4.78, 5) is 22.2. The van der Waals surface area contributed by atoms with Crippen molar-refractivity contribution in [3.05, 3.63) is 62.2 Å². The van der Waals surface area contributed by atoms with Crippen molar-refractivity contribution in [2.75, 3.05) is 11.9 Å². The second-order valence-corrected chi connectivity index (χ2v) is 10.3. The third-order valence-electron chi connectivity index (χ3n) is 4.96. The van der Waals surface area contributed by atoms with Gasteiger partial charge >= 0.3 is 5.97 Å². The van der Waals surface area contributed by atoms with E-state index in [1.165, 1.54) is 0 Å². The van der Waals surface area contributed by atoms with Gasteiger partial charge in [0, 0.05) is 28.4 Å². The number of aromatic nitrogens is 2. The zero-order valence-corrected chi connectivity index (χ0v) is 20.9. The molecule has 32 heavy (non-hydrogen) atoms. The van der Waals surface area contributed by atoms with Crippen LogP contribution in [0.4, 0.5) is 5.13 Å². The number of benzene rings is 1. The maximum Gasteiger partial charge on any atom is 0.308 e. The number of halogens is 2. The number of hydrogen-bond acceptors (Lipinski definition) is 5. The standard InChI is InChI=1S/C24H27Cl2N3O2S/c1-13(2)7-21-22(17-5-6-19(25)20(26)11-17)29-24(32-21)27-12-18(23(30)31)10-16-8-14(3)28-15(4)9-16/h5-6,8-9,11,13,18H,7,10,12H2,1-4H3,(H,27,29)(H,30,31). The molecule has 3 rings (SSSR count). The number of carboxylic acid groups (broad SMARTS) is 1. The molecule has 0 radical (unpaired) electrons. The van der Waals surface area contributed by atoms with E-state index in [1.54, 1.807) is 17.4 Å². The first-order valence-corrected chi connectivity index (χ1v) is 12.1. The number of aliphatic carboxylic acids is 1. The molecule has 0 aliphatic rings. The Morgan fingerprint density at radius 1 is 1.06 bits per heavy atom. The van der Waals surface area contributed by atoms with E-state index in [4.69, 9.17) is 28.2 Å². The third kappa shape index (κ3) is 6.44. The quantitative estimate of drug-likeness (QED) is 0.348. The minimum absolute atomic E-state index is 0.283. The molecular weight excluding hydrogens is 465 g/mol. The van der Waals surface area contributed by atoms with Crippen molar-refractivity contribution in [3.63, 3.8) is 0 Å². The largest absolute Gasteiger partial charge is 0.481 e. The van der Waals surface area contributed by atoms with E-state index in [2.05, 4.69) is 24.1 Å². The molecule has 0 bridgehead atoms. The van der Waals surface area contributed by atoms with Crippen LogP contribution in [0.1, 0.15) is 35.7 Å². The summed E-state index contributed by atoms with van der Waals surface area (Å²) in [5, 5.41) is 14.7. The van der Waals surface area contributed by atoms with Crippen LogP contribution in [-0.2, 0) is 17.6 Å². The number of aryl methyl sites for hydroxylation is 2. The molecule has 1 atom stereocenters. The number of nitrogens with zero attached hydrogens (tertiary/aromatic N) is 2. The molecule has 0 spiro atoms. The van der Waals surface area contributed by atoms with Gasteiger partial charge in [0.05, 0.1) is 21.7 Å². The van der Waals surface area contributed by atoms with Gasteiger partial charge in [-0.05, 0) is 62.4 Å². The average Bonchev–Trinajstić information content (AvgIpc) is 3.08. The molecule has 0 saturated carbocycles. The highest BCUT2D eigenvalue weighted by atomic mass is 35.5. The van der Waals surface area contributed by atoms with Crippen molar-refractivity contribution >= 4 is 45.6 Å². The van der Waals surface area contributed by atoms with Crippen molar-refractivity contribution in [2.24, 2.45) is 11.8 Å². The lowest BCUT2D eigenvalue weighted by Gasteiger charge is -2.14. The van der Waals surface area contributed by atoms with Crippen molar-refractivity contribution in [2.45, 2.75) is 40.5 Å². The fraction of sp³-hybridized carbons (Fsp3) is 0.375. The molecule has 3 aromatic rings. The van der Waals surface area contributed by atoms with Gasteiger partial charge in [-0.2, -0.15) is 0 Å². The Bertz CT molecular complexity index is 1090. The normalized spacial score (nSPS) is 12.2. The van der Waals surface area contributed by atoms with Gasteiger partial charge in [-0.3, -0.25) is 9.78 Å². The summed E-state index contributed by atoms with van der Waals surface area (Å²) in [6, 6.07) is 9.38. The molecule has 2 heterocycles. The number of anilines is 1. The first-order chi connectivity index (χ1) is 15.1. The van der Waals surface area contributed by atoms with Crippen LogP contribution >= 0.6 is 34.5 Å². The van der Waals surface area contributed by atoms with Gasteiger partial charge in [0.1, 0.15) is 0 Å². The van der Waals surface area contributed by atoms with E-state index in [1.807, 2.05) is 38.1 Å². The van der Waals surface area contributed by atoms with E-state index in [9.17, 15) is 9.90 Å². The van der Waals surface area contributed by atoms with Gasteiger partial charge in [0.2, 0.25) is 0 Å².